The smallest absolute Gasteiger partial charge is 0.257 e. The maximum absolute atomic E-state index is 12.4. The van der Waals surface area contributed by atoms with Gasteiger partial charge in [0.05, 0.1) is 15.6 Å². The van der Waals surface area contributed by atoms with Crippen molar-refractivity contribution in [3.05, 3.63) is 63.1 Å². The van der Waals surface area contributed by atoms with Crippen molar-refractivity contribution in [2.45, 2.75) is 13.5 Å². The fourth-order valence-corrected chi connectivity index (χ4v) is 2.34. The van der Waals surface area contributed by atoms with E-state index >= 15 is 0 Å². The molecule has 1 amide bonds. The first-order valence-corrected chi connectivity index (χ1v) is 7.13. The maximum atomic E-state index is 12.4. The molecule has 0 radical (unpaired) electrons. The Morgan fingerprint density at radius 3 is 2.57 bits per heavy atom. The summed E-state index contributed by atoms with van der Waals surface area (Å²) in [4.78, 5) is 13.9. The number of rotatable bonds is 3. The number of para-hydroxylation sites is 1. The molecule has 0 spiro atoms. The Labute approximate surface area is 133 Å². The lowest BCUT2D eigenvalue weighted by Gasteiger charge is -2.18. The minimum Gasteiger partial charge on any atom is -0.507 e. The van der Waals surface area contributed by atoms with Crippen LogP contribution in [0.4, 0.5) is 0 Å². The number of phenolic OH excluding ortho intramolecular Hbond substituents is 1. The van der Waals surface area contributed by atoms with Crippen LogP contribution < -0.4 is 0 Å². The van der Waals surface area contributed by atoms with Gasteiger partial charge in [-0.15, -0.1) is 0 Å². The van der Waals surface area contributed by atoms with E-state index in [0.717, 1.165) is 5.56 Å². The maximum Gasteiger partial charge on any atom is 0.257 e. The van der Waals surface area contributed by atoms with Gasteiger partial charge in [0.25, 0.3) is 5.91 Å². The summed E-state index contributed by atoms with van der Waals surface area (Å²) < 4.78 is 0. The number of halogens is 2. The lowest BCUT2D eigenvalue weighted by molar-refractivity contribution is 0.0782. The zero-order valence-corrected chi connectivity index (χ0v) is 13.2. The standard InChI is InChI=1S/C16H15Cl2NO2/c1-10-4-3-5-12(15(10)20)16(21)19(2)9-11-6-7-13(17)14(18)8-11/h3-8,20H,9H2,1-2H3. The first kappa shape index (κ1) is 15.7. The summed E-state index contributed by atoms with van der Waals surface area (Å²) in [5, 5.41) is 10.9. The summed E-state index contributed by atoms with van der Waals surface area (Å²) >= 11 is 11.8. The van der Waals surface area contributed by atoms with E-state index in [1.54, 1.807) is 44.3 Å². The topological polar surface area (TPSA) is 40.5 Å². The number of hydrogen-bond donors (Lipinski definition) is 1. The van der Waals surface area contributed by atoms with E-state index in [1.807, 2.05) is 6.07 Å². The summed E-state index contributed by atoms with van der Waals surface area (Å²) in [5.41, 5.74) is 1.83. The Kier molecular flexibility index (Phi) is 4.76. The van der Waals surface area contributed by atoms with Gasteiger partial charge >= 0.3 is 0 Å². The van der Waals surface area contributed by atoms with Crippen molar-refractivity contribution in [2.24, 2.45) is 0 Å². The number of phenols is 1. The highest BCUT2D eigenvalue weighted by Gasteiger charge is 2.17. The molecular formula is C16H15Cl2NO2. The SMILES string of the molecule is Cc1cccc(C(=O)N(C)Cc2ccc(Cl)c(Cl)c2)c1O. The number of nitrogens with zero attached hydrogens (tertiary/aromatic N) is 1. The molecule has 0 bridgehead atoms. The average molecular weight is 324 g/mol. The van der Waals surface area contributed by atoms with Crippen molar-refractivity contribution in [1.29, 1.82) is 0 Å². The second-order valence-corrected chi connectivity index (χ2v) is 5.70. The van der Waals surface area contributed by atoms with Crippen LogP contribution in [-0.2, 0) is 6.54 Å². The van der Waals surface area contributed by atoms with Gasteiger partial charge in [0, 0.05) is 13.6 Å². The molecule has 1 N–H and O–H groups in total. The molecule has 0 fully saturated rings. The predicted molar refractivity (Wildman–Crippen MR) is 85.1 cm³/mol. The van der Waals surface area contributed by atoms with E-state index < -0.39 is 0 Å². The summed E-state index contributed by atoms with van der Waals surface area (Å²) in [7, 11) is 1.67. The quantitative estimate of drug-likeness (QED) is 0.915. The second kappa shape index (κ2) is 6.37. The highest BCUT2D eigenvalue weighted by atomic mass is 35.5. The highest BCUT2D eigenvalue weighted by molar-refractivity contribution is 6.42. The fraction of sp³-hybridized carbons (Fsp3) is 0.188. The molecule has 0 aliphatic rings. The normalized spacial score (nSPS) is 10.5. The number of aromatic hydroxyl groups is 1. The molecule has 2 aromatic carbocycles. The fourth-order valence-electron chi connectivity index (χ4n) is 2.02. The van der Waals surface area contributed by atoms with Crippen LogP contribution in [0, 0.1) is 6.92 Å². The van der Waals surface area contributed by atoms with Gasteiger partial charge in [-0.1, -0.05) is 41.4 Å². The first-order valence-electron chi connectivity index (χ1n) is 6.38. The lowest BCUT2D eigenvalue weighted by atomic mass is 10.1. The van der Waals surface area contributed by atoms with Crippen LogP contribution in [0.15, 0.2) is 36.4 Å². The van der Waals surface area contributed by atoms with Crippen molar-refractivity contribution >= 4 is 29.1 Å². The van der Waals surface area contributed by atoms with Crippen molar-refractivity contribution < 1.29 is 9.90 Å². The summed E-state index contributed by atoms with van der Waals surface area (Å²) in [6.45, 7) is 2.13. The predicted octanol–water partition coefficient (Wildman–Crippen LogP) is 4.28. The molecule has 21 heavy (non-hydrogen) atoms. The Morgan fingerprint density at radius 1 is 1.19 bits per heavy atom. The van der Waals surface area contributed by atoms with Crippen LogP contribution >= 0.6 is 23.2 Å². The van der Waals surface area contributed by atoms with Crippen molar-refractivity contribution in [2.75, 3.05) is 7.05 Å². The molecule has 0 atom stereocenters. The molecule has 2 aromatic rings. The van der Waals surface area contributed by atoms with Gasteiger partial charge in [-0.05, 0) is 36.2 Å². The lowest BCUT2D eigenvalue weighted by Crippen LogP contribution is -2.26. The zero-order valence-electron chi connectivity index (χ0n) is 11.7. The van der Waals surface area contributed by atoms with Gasteiger partial charge in [-0.25, -0.2) is 0 Å². The van der Waals surface area contributed by atoms with Crippen molar-refractivity contribution in [3.63, 3.8) is 0 Å². The van der Waals surface area contributed by atoms with E-state index in [2.05, 4.69) is 0 Å². The Bertz CT molecular complexity index is 686. The van der Waals surface area contributed by atoms with Gasteiger partial charge in [0.1, 0.15) is 5.75 Å². The van der Waals surface area contributed by atoms with Gasteiger partial charge in [0.2, 0.25) is 0 Å². The average Bonchev–Trinajstić information content (AvgIpc) is 2.45. The Hall–Kier alpha value is -1.71. The molecule has 0 aromatic heterocycles. The Balaban J connectivity index is 2.19. The monoisotopic (exact) mass is 323 g/mol. The number of hydrogen-bond acceptors (Lipinski definition) is 2. The summed E-state index contributed by atoms with van der Waals surface area (Å²) in [5.74, 6) is -0.231. The van der Waals surface area contributed by atoms with Crippen LogP contribution in [0.25, 0.3) is 0 Å². The highest BCUT2D eigenvalue weighted by Crippen LogP contribution is 2.25. The molecule has 0 heterocycles. The summed E-state index contributed by atoms with van der Waals surface area (Å²) in [6.07, 6.45) is 0. The van der Waals surface area contributed by atoms with Crippen LogP contribution in [0.2, 0.25) is 10.0 Å². The molecule has 5 heteroatoms. The third kappa shape index (κ3) is 3.49. The zero-order chi connectivity index (χ0) is 15.6. The van der Waals surface area contributed by atoms with Crippen molar-refractivity contribution in [1.82, 2.24) is 4.90 Å². The van der Waals surface area contributed by atoms with Gasteiger partial charge < -0.3 is 10.0 Å². The molecule has 0 unspecified atom stereocenters. The minimum atomic E-state index is -0.248. The number of amides is 1. The molecule has 0 aliphatic carbocycles. The van der Waals surface area contributed by atoms with E-state index in [0.29, 0.717) is 22.2 Å². The summed E-state index contributed by atoms with van der Waals surface area (Å²) in [6, 6.07) is 10.3. The molecule has 0 aliphatic heterocycles. The third-order valence-corrected chi connectivity index (χ3v) is 3.96. The third-order valence-electron chi connectivity index (χ3n) is 3.22. The number of carbonyl (C=O) groups excluding carboxylic acids is 1. The number of aryl methyl sites for hydroxylation is 1. The number of benzene rings is 2. The molecule has 3 nitrogen and oxygen atoms in total. The Morgan fingerprint density at radius 2 is 1.90 bits per heavy atom. The van der Waals surface area contributed by atoms with E-state index in [9.17, 15) is 9.90 Å². The van der Waals surface area contributed by atoms with Gasteiger partial charge in [0.15, 0.2) is 0 Å². The van der Waals surface area contributed by atoms with Crippen molar-refractivity contribution in [3.8, 4) is 5.75 Å². The number of carbonyl (C=O) groups is 1. The van der Waals surface area contributed by atoms with Crippen LogP contribution in [0.3, 0.4) is 0 Å². The molecule has 0 saturated heterocycles. The molecule has 0 saturated carbocycles. The first-order chi connectivity index (χ1) is 9.90. The van der Waals surface area contributed by atoms with Gasteiger partial charge in [-0.3, -0.25) is 4.79 Å². The minimum absolute atomic E-state index is 0.0171. The second-order valence-electron chi connectivity index (χ2n) is 4.88. The molecule has 110 valence electrons. The van der Waals surface area contributed by atoms with E-state index in [-0.39, 0.29) is 17.2 Å². The largest absolute Gasteiger partial charge is 0.507 e. The van der Waals surface area contributed by atoms with Crippen LogP contribution in [0.5, 0.6) is 5.75 Å². The molecule has 2 rings (SSSR count). The van der Waals surface area contributed by atoms with E-state index in [1.165, 1.54) is 4.90 Å². The van der Waals surface area contributed by atoms with E-state index in [4.69, 9.17) is 23.2 Å². The molecular weight excluding hydrogens is 309 g/mol. The van der Waals surface area contributed by atoms with Crippen LogP contribution in [0.1, 0.15) is 21.5 Å². The van der Waals surface area contributed by atoms with Gasteiger partial charge in [-0.2, -0.15) is 0 Å². The van der Waals surface area contributed by atoms with Crippen LogP contribution in [-0.4, -0.2) is 23.0 Å².